The van der Waals surface area contributed by atoms with Gasteiger partial charge in [-0.05, 0) is 37.1 Å². The number of anilines is 1. The molecule has 0 atom stereocenters. The molecule has 0 spiro atoms. The van der Waals surface area contributed by atoms with Crippen molar-refractivity contribution in [2.24, 2.45) is 0 Å². The zero-order chi connectivity index (χ0) is 21.8. The van der Waals surface area contributed by atoms with E-state index >= 15 is 0 Å². The van der Waals surface area contributed by atoms with E-state index in [9.17, 15) is 9.59 Å². The molecule has 0 unspecified atom stereocenters. The second-order valence-corrected chi connectivity index (χ2v) is 8.37. The van der Waals surface area contributed by atoms with Gasteiger partial charge in [0.25, 0.3) is 5.56 Å². The highest BCUT2D eigenvalue weighted by Crippen LogP contribution is 2.33. The topological polar surface area (TPSA) is 82.5 Å². The fourth-order valence-electron chi connectivity index (χ4n) is 3.95. The molecule has 1 aromatic heterocycles. The number of carbonyl (C=O) groups excluding carboxylic acids is 1. The first-order valence-corrected chi connectivity index (χ1v) is 11.2. The first-order valence-electron chi connectivity index (χ1n) is 10.3. The van der Waals surface area contributed by atoms with Gasteiger partial charge in [0.2, 0.25) is 5.91 Å². The highest BCUT2D eigenvalue weighted by Gasteiger charge is 2.23. The Hall–Kier alpha value is -3.00. The van der Waals surface area contributed by atoms with Crippen LogP contribution in [-0.4, -0.2) is 35.4 Å². The Morgan fingerprint density at radius 3 is 2.61 bits per heavy atom. The Balaban J connectivity index is 1.55. The number of aromatic nitrogens is 2. The molecule has 31 heavy (non-hydrogen) atoms. The van der Waals surface area contributed by atoms with E-state index in [-0.39, 0.29) is 23.3 Å². The number of amides is 1. The number of carbonyl (C=O) groups is 1. The number of fused-ring (bicyclic) bond motifs is 1. The molecule has 7 nitrogen and oxygen atoms in total. The molecule has 0 radical (unpaired) electrons. The lowest BCUT2D eigenvalue weighted by atomic mass is 10.2. The van der Waals surface area contributed by atoms with Crippen molar-refractivity contribution >= 4 is 34.3 Å². The van der Waals surface area contributed by atoms with Gasteiger partial charge in [0, 0.05) is 17.8 Å². The highest BCUT2D eigenvalue weighted by atomic mass is 32.2. The lowest BCUT2D eigenvalue weighted by molar-refractivity contribution is -0.113. The molecule has 8 heteroatoms. The number of nitrogens with zero attached hydrogens (tertiary/aromatic N) is 2. The number of nitrogens with one attached hydrogen (secondary N) is 1. The number of ether oxygens (including phenoxy) is 2. The molecular formula is C23H25N3O4S. The molecule has 1 saturated carbocycles. The number of rotatable bonds is 7. The van der Waals surface area contributed by atoms with E-state index in [0.29, 0.717) is 33.2 Å². The number of thioether (sulfide) groups is 1. The summed E-state index contributed by atoms with van der Waals surface area (Å²) in [6, 6.07) is 12.7. The SMILES string of the molecule is COc1ccc(NC(=O)CSc2nc3ccccc3c(=O)n2C2CCCC2)cc1OC. The summed E-state index contributed by atoms with van der Waals surface area (Å²) in [4.78, 5) is 30.5. The minimum atomic E-state index is -0.183. The van der Waals surface area contributed by atoms with Crippen molar-refractivity contribution in [3.8, 4) is 11.5 Å². The number of hydrogen-bond donors (Lipinski definition) is 1. The average Bonchev–Trinajstić information content (AvgIpc) is 3.32. The zero-order valence-electron chi connectivity index (χ0n) is 17.6. The number of para-hydroxylation sites is 1. The minimum Gasteiger partial charge on any atom is -0.493 e. The third-order valence-corrected chi connectivity index (χ3v) is 6.42. The number of benzene rings is 2. The monoisotopic (exact) mass is 439 g/mol. The second kappa shape index (κ2) is 9.43. The third-order valence-electron chi connectivity index (χ3n) is 5.46. The van der Waals surface area contributed by atoms with Gasteiger partial charge in [0.1, 0.15) is 0 Å². The summed E-state index contributed by atoms with van der Waals surface area (Å²) >= 11 is 1.29. The Bertz CT molecular complexity index is 1160. The van der Waals surface area contributed by atoms with Crippen molar-refractivity contribution in [1.82, 2.24) is 9.55 Å². The van der Waals surface area contributed by atoms with Gasteiger partial charge >= 0.3 is 0 Å². The maximum atomic E-state index is 13.2. The highest BCUT2D eigenvalue weighted by molar-refractivity contribution is 7.99. The standard InChI is InChI=1S/C23H25N3O4S/c1-29-19-12-11-15(13-20(19)30-2)24-21(27)14-31-23-25-18-10-6-5-9-17(18)22(28)26(23)16-7-3-4-8-16/h5-6,9-13,16H,3-4,7-8,14H2,1-2H3,(H,24,27). The number of hydrogen-bond acceptors (Lipinski definition) is 6. The first kappa shape index (κ1) is 21.2. The van der Waals surface area contributed by atoms with Crippen LogP contribution in [0.5, 0.6) is 11.5 Å². The third kappa shape index (κ3) is 4.54. The van der Waals surface area contributed by atoms with Crippen molar-refractivity contribution in [2.75, 3.05) is 25.3 Å². The van der Waals surface area contributed by atoms with Gasteiger partial charge in [0.05, 0.1) is 30.9 Å². The molecule has 1 aliphatic carbocycles. The van der Waals surface area contributed by atoms with E-state index in [4.69, 9.17) is 14.5 Å². The second-order valence-electron chi connectivity index (χ2n) is 7.43. The summed E-state index contributed by atoms with van der Waals surface area (Å²) in [5.41, 5.74) is 1.24. The molecule has 4 rings (SSSR count). The molecule has 0 aliphatic heterocycles. The van der Waals surface area contributed by atoms with Crippen molar-refractivity contribution in [2.45, 2.75) is 36.9 Å². The van der Waals surface area contributed by atoms with Gasteiger partial charge in [-0.3, -0.25) is 14.2 Å². The van der Waals surface area contributed by atoms with Crippen LogP contribution in [0, 0.1) is 0 Å². The van der Waals surface area contributed by atoms with E-state index < -0.39 is 0 Å². The summed E-state index contributed by atoms with van der Waals surface area (Å²) in [7, 11) is 3.11. The van der Waals surface area contributed by atoms with Crippen LogP contribution in [0.4, 0.5) is 5.69 Å². The molecule has 2 aromatic carbocycles. The van der Waals surface area contributed by atoms with Gasteiger partial charge < -0.3 is 14.8 Å². The Kier molecular flexibility index (Phi) is 6.46. The van der Waals surface area contributed by atoms with Crippen molar-refractivity contribution < 1.29 is 14.3 Å². The maximum absolute atomic E-state index is 13.2. The number of methoxy groups -OCH3 is 2. The molecule has 0 saturated heterocycles. The van der Waals surface area contributed by atoms with Crippen LogP contribution in [0.3, 0.4) is 0 Å². The van der Waals surface area contributed by atoms with Crippen molar-refractivity contribution in [3.63, 3.8) is 0 Å². The summed E-state index contributed by atoms with van der Waals surface area (Å²) in [5.74, 6) is 1.10. The van der Waals surface area contributed by atoms with Gasteiger partial charge in [-0.15, -0.1) is 0 Å². The molecule has 162 valence electrons. The van der Waals surface area contributed by atoms with Crippen LogP contribution in [0.2, 0.25) is 0 Å². The molecule has 0 bridgehead atoms. The lowest BCUT2D eigenvalue weighted by Gasteiger charge is -2.18. The maximum Gasteiger partial charge on any atom is 0.262 e. The smallest absolute Gasteiger partial charge is 0.262 e. The summed E-state index contributed by atoms with van der Waals surface area (Å²) in [5, 5.41) is 4.08. The predicted molar refractivity (Wildman–Crippen MR) is 122 cm³/mol. The van der Waals surface area contributed by atoms with E-state index in [1.54, 1.807) is 37.0 Å². The summed E-state index contributed by atoms with van der Waals surface area (Å²) in [6.07, 6.45) is 4.14. The summed E-state index contributed by atoms with van der Waals surface area (Å²) in [6.45, 7) is 0. The van der Waals surface area contributed by atoms with Crippen molar-refractivity contribution in [1.29, 1.82) is 0 Å². The summed E-state index contributed by atoms with van der Waals surface area (Å²) < 4.78 is 12.3. The molecule has 1 amide bonds. The quantitative estimate of drug-likeness (QED) is 0.438. The van der Waals surface area contributed by atoms with Gasteiger partial charge in [0.15, 0.2) is 16.7 Å². The van der Waals surface area contributed by atoms with E-state index in [0.717, 1.165) is 25.7 Å². The molecular weight excluding hydrogens is 414 g/mol. The van der Waals surface area contributed by atoms with Crippen LogP contribution in [0.15, 0.2) is 52.4 Å². The predicted octanol–water partition coefficient (Wildman–Crippen LogP) is 4.26. The Morgan fingerprint density at radius 1 is 1.13 bits per heavy atom. The van der Waals surface area contributed by atoms with Gasteiger partial charge in [-0.2, -0.15) is 0 Å². The fourth-order valence-corrected chi connectivity index (χ4v) is 4.82. The largest absolute Gasteiger partial charge is 0.493 e. The zero-order valence-corrected chi connectivity index (χ0v) is 18.4. The lowest BCUT2D eigenvalue weighted by Crippen LogP contribution is -2.27. The molecule has 1 aliphatic rings. The Morgan fingerprint density at radius 2 is 1.87 bits per heavy atom. The molecule has 1 fully saturated rings. The van der Waals surface area contributed by atoms with E-state index in [2.05, 4.69) is 5.32 Å². The molecule has 1 heterocycles. The van der Waals surface area contributed by atoms with Gasteiger partial charge in [-0.1, -0.05) is 36.7 Å². The van der Waals surface area contributed by atoms with Crippen LogP contribution in [-0.2, 0) is 4.79 Å². The first-order chi connectivity index (χ1) is 15.1. The van der Waals surface area contributed by atoms with Crippen LogP contribution >= 0.6 is 11.8 Å². The van der Waals surface area contributed by atoms with Crippen molar-refractivity contribution in [3.05, 3.63) is 52.8 Å². The normalized spacial score (nSPS) is 14.0. The van der Waals surface area contributed by atoms with Crippen LogP contribution < -0.4 is 20.3 Å². The minimum absolute atomic E-state index is 0.0275. The van der Waals surface area contributed by atoms with Crippen LogP contribution in [0.1, 0.15) is 31.7 Å². The van der Waals surface area contributed by atoms with E-state index in [1.165, 1.54) is 11.8 Å². The molecule has 3 aromatic rings. The average molecular weight is 440 g/mol. The molecule has 1 N–H and O–H groups in total. The fraction of sp³-hybridized carbons (Fsp3) is 0.348. The van der Waals surface area contributed by atoms with E-state index in [1.807, 2.05) is 24.3 Å². The Labute approximate surface area is 184 Å². The van der Waals surface area contributed by atoms with Crippen LogP contribution in [0.25, 0.3) is 10.9 Å². The van der Waals surface area contributed by atoms with Gasteiger partial charge in [-0.25, -0.2) is 4.98 Å².